The number of nitrogens with one attached hydrogen (secondary N) is 1. The summed E-state index contributed by atoms with van der Waals surface area (Å²) in [6, 6.07) is 8.28. The van der Waals surface area contributed by atoms with Gasteiger partial charge in [-0.05, 0) is 35.4 Å². The number of fused-ring (bicyclic) bond motifs is 2. The average molecular weight is 454 g/mol. The first kappa shape index (κ1) is 20.9. The van der Waals surface area contributed by atoms with Crippen LogP contribution >= 0.6 is 0 Å². The van der Waals surface area contributed by atoms with Crippen LogP contribution in [0, 0.1) is 0 Å². The monoisotopic (exact) mass is 454 g/mol. The standard InChI is InChI=1S/C22H17F3N6O2/c1-30-20(31-10-12-2-4-13(22(23,24)25)7-15(12)21(31)33)17(9-27-30)11-3-5-14-16(6-11)18(8-26)28-29-19(14)32/h2-7,9H,8,10,26H2,1H3,(H,29,32). The summed E-state index contributed by atoms with van der Waals surface area (Å²) in [6.45, 7) is 0.222. The van der Waals surface area contributed by atoms with Crippen molar-refractivity contribution in [3.8, 4) is 11.1 Å². The van der Waals surface area contributed by atoms with Gasteiger partial charge in [0.25, 0.3) is 11.5 Å². The number of benzene rings is 2. The maximum absolute atomic E-state index is 13.1. The summed E-state index contributed by atoms with van der Waals surface area (Å²) in [7, 11) is 1.65. The largest absolute Gasteiger partial charge is 0.416 e. The first-order chi connectivity index (χ1) is 15.7. The molecule has 5 rings (SSSR count). The lowest BCUT2D eigenvalue weighted by molar-refractivity contribution is -0.137. The molecule has 0 spiro atoms. The van der Waals surface area contributed by atoms with Crippen molar-refractivity contribution in [1.29, 1.82) is 0 Å². The zero-order valence-corrected chi connectivity index (χ0v) is 17.3. The summed E-state index contributed by atoms with van der Waals surface area (Å²) in [5, 5.41) is 11.7. The predicted molar refractivity (Wildman–Crippen MR) is 114 cm³/mol. The molecule has 2 aromatic heterocycles. The van der Waals surface area contributed by atoms with Crippen molar-refractivity contribution in [2.75, 3.05) is 4.90 Å². The van der Waals surface area contributed by atoms with Crippen LogP contribution in [0.15, 0.2) is 47.4 Å². The number of carbonyl (C=O) groups is 1. The van der Waals surface area contributed by atoms with Crippen molar-refractivity contribution in [2.24, 2.45) is 12.8 Å². The van der Waals surface area contributed by atoms with Crippen LogP contribution in [0.5, 0.6) is 0 Å². The Morgan fingerprint density at radius 1 is 1.09 bits per heavy atom. The first-order valence-corrected chi connectivity index (χ1v) is 9.94. The Balaban J connectivity index is 1.61. The third kappa shape index (κ3) is 3.28. The van der Waals surface area contributed by atoms with Gasteiger partial charge >= 0.3 is 6.18 Å². The second-order valence-corrected chi connectivity index (χ2v) is 7.73. The SMILES string of the molecule is Cn1ncc(-c2ccc3c(=O)[nH]nc(CN)c3c2)c1N1Cc2ccc(C(F)(F)F)cc2C1=O. The lowest BCUT2D eigenvalue weighted by Crippen LogP contribution is -2.26. The van der Waals surface area contributed by atoms with E-state index in [4.69, 9.17) is 5.73 Å². The number of nitrogens with zero attached hydrogens (tertiary/aromatic N) is 4. The van der Waals surface area contributed by atoms with Crippen molar-refractivity contribution in [3.05, 3.63) is 75.3 Å². The minimum atomic E-state index is -4.54. The summed E-state index contributed by atoms with van der Waals surface area (Å²) in [6.07, 6.45) is -2.98. The highest BCUT2D eigenvalue weighted by Crippen LogP contribution is 2.38. The lowest BCUT2D eigenvalue weighted by atomic mass is 10.0. The number of anilines is 1. The number of carbonyl (C=O) groups excluding carboxylic acids is 1. The van der Waals surface area contributed by atoms with Crippen molar-refractivity contribution in [3.63, 3.8) is 0 Å². The fourth-order valence-corrected chi connectivity index (χ4v) is 4.15. The molecule has 11 heteroatoms. The number of aromatic amines is 1. The molecule has 0 aliphatic carbocycles. The molecule has 0 unspecified atom stereocenters. The predicted octanol–water partition coefficient (Wildman–Crippen LogP) is 2.96. The number of hydrogen-bond donors (Lipinski definition) is 2. The molecule has 33 heavy (non-hydrogen) atoms. The normalized spacial score (nSPS) is 13.7. The van der Waals surface area contributed by atoms with E-state index in [9.17, 15) is 22.8 Å². The van der Waals surface area contributed by atoms with Gasteiger partial charge in [0.2, 0.25) is 0 Å². The van der Waals surface area contributed by atoms with Gasteiger partial charge in [-0.1, -0.05) is 12.1 Å². The van der Waals surface area contributed by atoms with E-state index in [2.05, 4.69) is 15.3 Å². The molecule has 0 atom stereocenters. The van der Waals surface area contributed by atoms with Crippen LogP contribution in [-0.4, -0.2) is 25.9 Å². The second kappa shape index (κ2) is 7.27. The van der Waals surface area contributed by atoms with Gasteiger partial charge in [-0.25, -0.2) is 5.10 Å². The topological polar surface area (TPSA) is 110 Å². The Hall–Kier alpha value is -3.99. The van der Waals surface area contributed by atoms with Crippen LogP contribution in [0.2, 0.25) is 0 Å². The Labute approximate surface area is 184 Å². The number of hydrogen-bond acceptors (Lipinski definition) is 5. The highest BCUT2D eigenvalue weighted by molar-refractivity contribution is 6.11. The molecule has 4 aromatic rings. The Kier molecular flexibility index (Phi) is 4.60. The third-order valence-electron chi connectivity index (χ3n) is 5.78. The maximum Gasteiger partial charge on any atom is 0.416 e. The number of nitrogens with two attached hydrogens (primary N) is 1. The van der Waals surface area contributed by atoms with Gasteiger partial charge in [0.1, 0.15) is 5.82 Å². The van der Waals surface area contributed by atoms with E-state index in [0.29, 0.717) is 39.0 Å². The quantitative estimate of drug-likeness (QED) is 0.495. The minimum absolute atomic E-state index is 0.0108. The zero-order chi connectivity index (χ0) is 23.5. The summed E-state index contributed by atoms with van der Waals surface area (Å²) < 4.78 is 40.9. The number of aryl methyl sites for hydroxylation is 1. The van der Waals surface area contributed by atoms with E-state index in [1.165, 1.54) is 15.6 Å². The van der Waals surface area contributed by atoms with E-state index in [1.807, 2.05) is 0 Å². The number of halogens is 3. The Morgan fingerprint density at radius 3 is 2.61 bits per heavy atom. The van der Waals surface area contributed by atoms with Gasteiger partial charge in [0, 0.05) is 30.1 Å². The number of aromatic nitrogens is 4. The van der Waals surface area contributed by atoms with Crippen LogP contribution in [0.25, 0.3) is 21.9 Å². The van der Waals surface area contributed by atoms with E-state index in [0.717, 1.165) is 12.1 Å². The molecule has 0 saturated carbocycles. The molecule has 8 nitrogen and oxygen atoms in total. The summed E-state index contributed by atoms with van der Waals surface area (Å²) in [5.41, 5.74) is 6.79. The minimum Gasteiger partial charge on any atom is -0.325 e. The molecular weight excluding hydrogens is 437 g/mol. The summed E-state index contributed by atoms with van der Waals surface area (Å²) >= 11 is 0. The van der Waals surface area contributed by atoms with Crippen molar-refractivity contribution < 1.29 is 18.0 Å². The molecule has 0 saturated heterocycles. The van der Waals surface area contributed by atoms with Crippen molar-refractivity contribution >= 4 is 22.5 Å². The summed E-state index contributed by atoms with van der Waals surface area (Å²) in [5.74, 6) is -0.112. The molecule has 1 aliphatic rings. The maximum atomic E-state index is 13.1. The molecule has 1 amide bonds. The lowest BCUT2D eigenvalue weighted by Gasteiger charge is -2.18. The van der Waals surface area contributed by atoms with E-state index < -0.39 is 17.6 Å². The van der Waals surface area contributed by atoms with Gasteiger partial charge in [-0.3, -0.25) is 19.2 Å². The van der Waals surface area contributed by atoms with Crippen LogP contribution in [0.4, 0.5) is 19.0 Å². The molecule has 0 radical (unpaired) electrons. The van der Waals surface area contributed by atoms with Gasteiger partial charge in [0.05, 0.1) is 29.4 Å². The molecule has 2 aromatic carbocycles. The summed E-state index contributed by atoms with van der Waals surface area (Å²) in [4.78, 5) is 26.6. The zero-order valence-electron chi connectivity index (χ0n) is 17.3. The number of amides is 1. The molecule has 168 valence electrons. The van der Waals surface area contributed by atoms with Gasteiger partial charge in [0.15, 0.2) is 0 Å². The molecule has 0 bridgehead atoms. The second-order valence-electron chi connectivity index (χ2n) is 7.73. The van der Waals surface area contributed by atoms with Crippen molar-refractivity contribution in [2.45, 2.75) is 19.3 Å². The third-order valence-corrected chi connectivity index (χ3v) is 5.78. The Bertz CT molecular complexity index is 1490. The highest BCUT2D eigenvalue weighted by atomic mass is 19.4. The number of alkyl halides is 3. The highest BCUT2D eigenvalue weighted by Gasteiger charge is 2.36. The Morgan fingerprint density at radius 2 is 1.88 bits per heavy atom. The fourth-order valence-electron chi connectivity index (χ4n) is 4.15. The van der Waals surface area contributed by atoms with Crippen molar-refractivity contribution in [1.82, 2.24) is 20.0 Å². The van der Waals surface area contributed by atoms with E-state index >= 15 is 0 Å². The van der Waals surface area contributed by atoms with Gasteiger partial charge < -0.3 is 5.73 Å². The van der Waals surface area contributed by atoms with Gasteiger partial charge in [-0.15, -0.1) is 0 Å². The molecule has 3 N–H and O–H groups in total. The van der Waals surface area contributed by atoms with E-state index in [-0.39, 0.29) is 24.2 Å². The molecule has 3 heterocycles. The fraction of sp³-hybridized carbons (Fsp3) is 0.182. The smallest absolute Gasteiger partial charge is 0.325 e. The number of rotatable bonds is 3. The van der Waals surface area contributed by atoms with Crippen LogP contribution in [-0.2, 0) is 26.3 Å². The van der Waals surface area contributed by atoms with Gasteiger partial charge in [-0.2, -0.15) is 23.4 Å². The first-order valence-electron chi connectivity index (χ1n) is 9.94. The van der Waals surface area contributed by atoms with Crippen LogP contribution < -0.4 is 16.2 Å². The number of H-pyrrole nitrogens is 1. The molecule has 0 fully saturated rings. The average Bonchev–Trinajstić information content (AvgIpc) is 3.32. The van der Waals surface area contributed by atoms with E-state index in [1.54, 1.807) is 31.4 Å². The van der Waals surface area contributed by atoms with Crippen LogP contribution in [0.3, 0.4) is 0 Å². The molecular formula is C22H17F3N6O2. The van der Waals surface area contributed by atoms with Crippen LogP contribution in [0.1, 0.15) is 27.2 Å². The molecule has 1 aliphatic heterocycles.